The molecule has 0 aliphatic carbocycles. The summed E-state index contributed by atoms with van der Waals surface area (Å²) in [5.74, 6) is 0. The van der Waals surface area contributed by atoms with Gasteiger partial charge in [-0.2, -0.15) is 0 Å². The van der Waals surface area contributed by atoms with Crippen LogP contribution in [-0.2, 0) is 0 Å². The number of hydrogen-bond acceptors (Lipinski definition) is 6. The lowest BCUT2D eigenvalue weighted by Crippen LogP contribution is -2.39. The maximum atomic E-state index is 12.1. The summed E-state index contributed by atoms with van der Waals surface area (Å²) in [6, 6.07) is 15.1. The van der Waals surface area contributed by atoms with Gasteiger partial charge in [-0.1, -0.05) is 23.3 Å². The normalized spacial score (nSPS) is 15.0. The van der Waals surface area contributed by atoms with Gasteiger partial charge in [0.1, 0.15) is 11.2 Å². The largest absolute Gasteiger partial charge is 0.423 e. The molecule has 6 heteroatoms. The van der Waals surface area contributed by atoms with Crippen LogP contribution in [0.1, 0.15) is 24.0 Å². The van der Waals surface area contributed by atoms with Gasteiger partial charge < -0.3 is 19.1 Å². The van der Waals surface area contributed by atoms with E-state index in [4.69, 9.17) is 8.83 Å². The molecule has 1 N–H and O–H groups in total. The lowest BCUT2D eigenvalue weighted by molar-refractivity contribution is 0.522. The summed E-state index contributed by atoms with van der Waals surface area (Å²) in [7, 11) is 0. The minimum Gasteiger partial charge on any atom is -0.423 e. The van der Waals surface area contributed by atoms with Gasteiger partial charge in [-0.3, -0.25) is 0 Å². The van der Waals surface area contributed by atoms with Gasteiger partial charge in [0.2, 0.25) is 0 Å². The van der Waals surface area contributed by atoms with Crippen LogP contribution in [0.3, 0.4) is 0 Å². The molecule has 1 fully saturated rings. The summed E-state index contributed by atoms with van der Waals surface area (Å²) in [6.07, 6.45) is 1.78. The van der Waals surface area contributed by atoms with E-state index in [0.717, 1.165) is 59.2 Å². The summed E-state index contributed by atoms with van der Waals surface area (Å²) in [5, 5.41) is 5.44. The maximum absolute atomic E-state index is 12.1. The average Bonchev–Trinajstić information content (AvgIpc) is 2.74. The van der Waals surface area contributed by atoms with Gasteiger partial charge in [-0.15, -0.1) is 0 Å². The zero-order valence-electron chi connectivity index (χ0n) is 17.6. The molecule has 4 aromatic rings. The van der Waals surface area contributed by atoms with Gasteiger partial charge >= 0.3 is 11.3 Å². The fraction of sp³-hybridized carbons (Fsp3) is 0.280. The Bertz CT molecular complexity index is 1390. The first kappa shape index (κ1) is 19.4. The molecule has 1 aliphatic heterocycles. The van der Waals surface area contributed by atoms with Crippen molar-refractivity contribution in [2.75, 3.05) is 23.3 Å². The van der Waals surface area contributed by atoms with Gasteiger partial charge in [-0.05, 0) is 51.0 Å². The number of aryl methyl sites for hydroxylation is 2. The molecular formula is C25H24N2O4. The van der Waals surface area contributed by atoms with Crippen molar-refractivity contribution in [1.29, 1.82) is 0 Å². The van der Waals surface area contributed by atoms with Gasteiger partial charge in [0.05, 0.1) is 11.4 Å². The monoisotopic (exact) mass is 416 g/mol. The van der Waals surface area contributed by atoms with E-state index in [1.807, 2.05) is 44.2 Å². The third-order valence-corrected chi connectivity index (χ3v) is 5.97. The number of fused-ring (bicyclic) bond motifs is 2. The van der Waals surface area contributed by atoms with Crippen LogP contribution in [-0.4, -0.2) is 19.1 Å². The first-order chi connectivity index (χ1) is 15.0. The molecule has 2 aromatic carbocycles. The van der Waals surface area contributed by atoms with Crippen LogP contribution in [0.4, 0.5) is 11.4 Å². The number of anilines is 2. The second-order valence-electron chi connectivity index (χ2n) is 8.33. The highest BCUT2D eigenvalue weighted by Gasteiger charge is 2.22. The molecule has 31 heavy (non-hydrogen) atoms. The zero-order valence-corrected chi connectivity index (χ0v) is 17.6. The van der Waals surface area contributed by atoms with Crippen LogP contribution in [0.25, 0.3) is 21.9 Å². The highest BCUT2D eigenvalue weighted by atomic mass is 16.4. The fourth-order valence-electron chi connectivity index (χ4n) is 4.40. The molecule has 6 nitrogen and oxygen atoms in total. The molecule has 0 amide bonds. The van der Waals surface area contributed by atoms with E-state index >= 15 is 0 Å². The first-order valence-corrected chi connectivity index (χ1v) is 10.6. The van der Waals surface area contributed by atoms with Crippen LogP contribution in [0.5, 0.6) is 0 Å². The van der Waals surface area contributed by atoms with Crippen LogP contribution >= 0.6 is 0 Å². The van der Waals surface area contributed by atoms with E-state index in [9.17, 15) is 9.59 Å². The van der Waals surface area contributed by atoms with Crippen molar-refractivity contribution >= 4 is 33.3 Å². The Labute approximate surface area is 179 Å². The quantitative estimate of drug-likeness (QED) is 0.492. The highest BCUT2D eigenvalue weighted by molar-refractivity contribution is 5.91. The Kier molecular flexibility index (Phi) is 4.77. The van der Waals surface area contributed by atoms with Crippen molar-refractivity contribution in [2.24, 2.45) is 0 Å². The Morgan fingerprint density at radius 3 is 2.06 bits per heavy atom. The summed E-state index contributed by atoms with van der Waals surface area (Å²) in [5.41, 5.74) is 4.51. The Morgan fingerprint density at radius 1 is 0.806 bits per heavy atom. The summed E-state index contributed by atoms with van der Waals surface area (Å²) in [6.45, 7) is 5.67. The van der Waals surface area contributed by atoms with Crippen molar-refractivity contribution in [3.05, 3.63) is 80.5 Å². The van der Waals surface area contributed by atoms with Crippen LogP contribution in [0, 0.1) is 13.8 Å². The summed E-state index contributed by atoms with van der Waals surface area (Å²) < 4.78 is 10.7. The molecule has 3 heterocycles. The molecule has 158 valence electrons. The number of hydrogen-bond donors (Lipinski definition) is 1. The molecule has 5 rings (SSSR count). The fourth-order valence-corrected chi connectivity index (χ4v) is 4.40. The van der Waals surface area contributed by atoms with Crippen molar-refractivity contribution < 1.29 is 8.83 Å². The standard InChI is InChI=1S/C25H24N2O4/c1-15-3-5-22-18(11-15)20(13-24(28)30-22)26-17-7-9-27(10-8-17)21-14-25(29)31-23-6-4-16(2)12-19(21)23/h3-6,11-14,17,26H,7-10H2,1-2H3. The first-order valence-electron chi connectivity index (χ1n) is 10.6. The molecule has 1 aliphatic rings. The molecular weight excluding hydrogens is 392 g/mol. The lowest BCUT2D eigenvalue weighted by Gasteiger charge is -2.34. The zero-order chi connectivity index (χ0) is 21.5. The Balaban J connectivity index is 1.39. The van der Waals surface area contributed by atoms with Crippen LogP contribution < -0.4 is 21.5 Å². The second kappa shape index (κ2) is 7.61. The molecule has 2 aromatic heterocycles. The van der Waals surface area contributed by atoms with E-state index in [1.54, 1.807) is 6.07 Å². The third-order valence-electron chi connectivity index (χ3n) is 5.97. The second-order valence-corrected chi connectivity index (χ2v) is 8.33. The molecule has 0 atom stereocenters. The van der Waals surface area contributed by atoms with E-state index in [1.165, 1.54) is 6.07 Å². The Hall–Kier alpha value is -3.54. The van der Waals surface area contributed by atoms with Gasteiger partial charge in [0, 0.05) is 42.0 Å². The molecule has 0 unspecified atom stereocenters. The Morgan fingerprint density at radius 2 is 1.39 bits per heavy atom. The van der Waals surface area contributed by atoms with Crippen LogP contribution in [0.15, 0.2) is 67.0 Å². The predicted octanol–water partition coefficient (Wildman–Crippen LogP) is 4.60. The highest BCUT2D eigenvalue weighted by Crippen LogP contribution is 2.30. The molecule has 0 spiro atoms. The minimum atomic E-state index is -0.353. The molecule has 0 bridgehead atoms. The summed E-state index contributed by atoms with van der Waals surface area (Å²) >= 11 is 0. The number of piperidine rings is 1. The van der Waals surface area contributed by atoms with E-state index in [0.29, 0.717) is 11.2 Å². The number of nitrogens with zero attached hydrogens (tertiary/aromatic N) is 1. The van der Waals surface area contributed by atoms with Gasteiger partial charge in [0.15, 0.2) is 0 Å². The summed E-state index contributed by atoms with van der Waals surface area (Å²) in [4.78, 5) is 26.3. The minimum absolute atomic E-state index is 0.231. The predicted molar refractivity (Wildman–Crippen MR) is 123 cm³/mol. The van der Waals surface area contributed by atoms with Crippen LogP contribution in [0.2, 0.25) is 0 Å². The topological polar surface area (TPSA) is 75.7 Å². The average molecular weight is 416 g/mol. The third kappa shape index (κ3) is 3.81. The lowest BCUT2D eigenvalue weighted by atomic mass is 10.0. The van der Waals surface area contributed by atoms with Gasteiger partial charge in [0.25, 0.3) is 0 Å². The van der Waals surface area contributed by atoms with Crippen molar-refractivity contribution in [3.63, 3.8) is 0 Å². The number of nitrogens with one attached hydrogen (secondary N) is 1. The number of benzene rings is 2. The smallest absolute Gasteiger partial charge is 0.338 e. The molecule has 0 saturated carbocycles. The molecule has 0 radical (unpaired) electrons. The van der Waals surface area contributed by atoms with Crippen molar-refractivity contribution in [2.45, 2.75) is 32.7 Å². The van der Waals surface area contributed by atoms with E-state index < -0.39 is 0 Å². The van der Waals surface area contributed by atoms with E-state index in [2.05, 4.69) is 16.3 Å². The van der Waals surface area contributed by atoms with E-state index in [-0.39, 0.29) is 17.3 Å². The maximum Gasteiger partial charge on any atom is 0.338 e. The van der Waals surface area contributed by atoms with Crippen molar-refractivity contribution in [3.8, 4) is 0 Å². The SMILES string of the molecule is Cc1ccc2oc(=O)cc(NC3CCN(c4cc(=O)oc5ccc(C)cc45)CC3)c2c1. The van der Waals surface area contributed by atoms with Crippen molar-refractivity contribution in [1.82, 2.24) is 0 Å². The molecule has 1 saturated heterocycles. The van der Waals surface area contributed by atoms with Gasteiger partial charge in [-0.25, -0.2) is 9.59 Å². The number of rotatable bonds is 3.